The van der Waals surface area contributed by atoms with Crippen molar-refractivity contribution in [3.8, 4) is 5.75 Å². The normalized spacial score (nSPS) is 10.5. The molecule has 0 heterocycles. The molecule has 3 aromatic carbocycles. The predicted molar refractivity (Wildman–Crippen MR) is 88.9 cm³/mol. The molecule has 106 valence electrons. The summed E-state index contributed by atoms with van der Waals surface area (Å²) in [6.45, 7) is 3.45. The van der Waals surface area contributed by atoms with E-state index in [1.165, 1.54) is 16.3 Å². The van der Waals surface area contributed by atoms with E-state index < -0.39 is 0 Å². The van der Waals surface area contributed by atoms with Crippen LogP contribution in [0.3, 0.4) is 0 Å². The third-order valence-electron chi connectivity index (χ3n) is 3.50. The molecule has 3 aromatic rings. The molecule has 2 heteroatoms. The van der Waals surface area contributed by atoms with Gasteiger partial charge in [-0.05, 0) is 35.9 Å². The van der Waals surface area contributed by atoms with Gasteiger partial charge in [0.1, 0.15) is 5.75 Å². The maximum atomic E-state index is 5.66. The summed E-state index contributed by atoms with van der Waals surface area (Å²) in [6.07, 6.45) is 0. The van der Waals surface area contributed by atoms with Crippen LogP contribution in [-0.4, -0.2) is 6.61 Å². The van der Waals surface area contributed by atoms with E-state index in [4.69, 9.17) is 4.74 Å². The molecule has 0 aliphatic rings. The van der Waals surface area contributed by atoms with Gasteiger partial charge < -0.3 is 10.1 Å². The second-order valence-corrected chi connectivity index (χ2v) is 4.96. The van der Waals surface area contributed by atoms with Crippen molar-refractivity contribution in [3.63, 3.8) is 0 Å². The van der Waals surface area contributed by atoms with Crippen molar-refractivity contribution in [2.45, 2.75) is 13.5 Å². The predicted octanol–water partition coefficient (Wildman–Crippen LogP) is 4.85. The lowest BCUT2D eigenvalue weighted by Crippen LogP contribution is -2.03. The molecule has 0 aromatic heterocycles. The van der Waals surface area contributed by atoms with Crippen molar-refractivity contribution in [1.82, 2.24) is 0 Å². The van der Waals surface area contributed by atoms with Gasteiger partial charge in [0.2, 0.25) is 0 Å². The zero-order valence-corrected chi connectivity index (χ0v) is 12.2. The Morgan fingerprint density at radius 1 is 0.857 bits per heavy atom. The number of nitrogens with one attached hydrogen (secondary N) is 1. The fraction of sp³-hybridized carbons (Fsp3) is 0.158. The Morgan fingerprint density at radius 2 is 1.62 bits per heavy atom. The molecule has 0 radical (unpaired) electrons. The Morgan fingerprint density at radius 3 is 2.48 bits per heavy atom. The van der Waals surface area contributed by atoms with Gasteiger partial charge in [0.15, 0.2) is 0 Å². The Bertz CT molecular complexity index is 736. The second-order valence-electron chi connectivity index (χ2n) is 4.96. The van der Waals surface area contributed by atoms with Gasteiger partial charge in [0.05, 0.1) is 6.61 Å². The Kier molecular flexibility index (Phi) is 4.06. The van der Waals surface area contributed by atoms with E-state index in [0.717, 1.165) is 18.0 Å². The largest absolute Gasteiger partial charge is 0.494 e. The van der Waals surface area contributed by atoms with Gasteiger partial charge in [-0.1, -0.05) is 48.5 Å². The highest BCUT2D eigenvalue weighted by atomic mass is 16.5. The molecule has 0 bridgehead atoms. The van der Waals surface area contributed by atoms with Crippen LogP contribution in [-0.2, 0) is 6.54 Å². The molecule has 2 nitrogen and oxygen atoms in total. The van der Waals surface area contributed by atoms with Crippen molar-refractivity contribution < 1.29 is 4.74 Å². The summed E-state index contributed by atoms with van der Waals surface area (Å²) in [5.41, 5.74) is 2.30. The molecule has 0 saturated carbocycles. The minimum absolute atomic E-state index is 0.687. The first-order chi connectivity index (χ1) is 10.4. The molecule has 3 rings (SSSR count). The van der Waals surface area contributed by atoms with Crippen molar-refractivity contribution in [2.75, 3.05) is 11.9 Å². The lowest BCUT2D eigenvalue weighted by atomic mass is 10.1. The molecule has 21 heavy (non-hydrogen) atoms. The number of hydrogen-bond donors (Lipinski definition) is 1. The first-order valence-electron chi connectivity index (χ1n) is 7.30. The molecule has 0 amide bonds. The zero-order chi connectivity index (χ0) is 14.5. The SMILES string of the molecule is CCOc1ccccc1CNc1ccc2ccccc2c1. The van der Waals surface area contributed by atoms with E-state index >= 15 is 0 Å². The number of rotatable bonds is 5. The summed E-state index contributed by atoms with van der Waals surface area (Å²) in [4.78, 5) is 0. The van der Waals surface area contributed by atoms with E-state index in [1.807, 2.05) is 25.1 Å². The van der Waals surface area contributed by atoms with E-state index in [0.29, 0.717) is 6.61 Å². The molecular formula is C19H19NO. The van der Waals surface area contributed by atoms with Gasteiger partial charge in [0.25, 0.3) is 0 Å². The average Bonchev–Trinajstić information content (AvgIpc) is 2.54. The van der Waals surface area contributed by atoms with Crippen molar-refractivity contribution in [2.24, 2.45) is 0 Å². The van der Waals surface area contributed by atoms with Crippen LogP contribution in [0.25, 0.3) is 10.8 Å². The highest BCUT2D eigenvalue weighted by molar-refractivity contribution is 5.85. The summed E-state index contributed by atoms with van der Waals surface area (Å²) >= 11 is 0. The molecule has 0 spiro atoms. The summed E-state index contributed by atoms with van der Waals surface area (Å²) in [5, 5.41) is 5.98. The standard InChI is InChI=1S/C19H19NO/c1-2-21-19-10-6-5-9-17(19)14-20-18-12-11-15-7-3-4-8-16(15)13-18/h3-13,20H,2,14H2,1H3. The minimum atomic E-state index is 0.687. The van der Waals surface area contributed by atoms with Gasteiger partial charge in [-0.2, -0.15) is 0 Å². The molecule has 0 fully saturated rings. The first-order valence-corrected chi connectivity index (χ1v) is 7.30. The van der Waals surface area contributed by atoms with Crippen LogP contribution in [0.15, 0.2) is 66.7 Å². The number of ether oxygens (including phenoxy) is 1. The van der Waals surface area contributed by atoms with Crippen molar-refractivity contribution in [3.05, 3.63) is 72.3 Å². The minimum Gasteiger partial charge on any atom is -0.494 e. The fourth-order valence-corrected chi connectivity index (χ4v) is 2.44. The lowest BCUT2D eigenvalue weighted by Gasteiger charge is -2.12. The van der Waals surface area contributed by atoms with Crippen LogP contribution in [0.1, 0.15) is 12.5 Å². The summed E-state index contributed by atoms with van der Waals surface area (Å²) < 4.78 is 5.66. The average molecular weight is 277 g/mol. The number of hydrogen-bond acceptors (Lipinski definition) is 2. The van der Waals surface area contributed by atoms with E-state index in [9.17, 15) is 0 Å². The smallest absolute Gasteiger partial charge is 0.124 e. The number of para-hydroxylation sites is 1. The third-order valence-corrected chi connectivity index (χ3v) is 3.50. The zero-order valence-electron chi connectivity index (χ0n) is 12.2. The van der Waals surface area contributed by atoms with Crippen LogP contribution in [0.4, 0.5) is 5.69 Å². The van der Waals surface area contributed by atoms with Crippen LogP contribution in [0.5, 0.6) is 5.75 Å². The summed E-state index contributed by atoms with van der Waals surface area (Å²) in [6, 6.07) is 23.0. The first kappa shape index (κ1) is 13.5. The van der Waals surface area contributed by atoms with Crippen LogP contribution in [0, 0.1) is 0 Å². The van der Waals surface area contributed by atoms with E-state index in [2.05, 4.69) is 53.8 Å². The molecule has 0 unspecified atom stereocenters. The highest BCUT2D eigenvalue weighted by Gasteiger charge is 2.02. The molecule has 1 N–H and O–H groups in total. The molecule has 0 aliphatic carbocycles. The number of anilines is 1. The van der Waals surface area contributed by atoms with Crippen LogP contribution in [0.2, 0.25) is 0 Å². The number of fused-ring (bicyclic) bond motifs is 1. The third kappa shape index (κ3) is 3.16. The Balaban J connectivity index is 1.77. The van der Waals surface area contributed by atoms with Gasteiger partial charge in [-0.25, -0.2) is 0 Å². The maximum absolute atomic E-state index is 5.66. The molecule has 0 aliphatic heterocycles. The Hall–Kier alpha value is -2.48. The van der Waals surface area contributed by atoms with Crippen molar-refractivity contribution in [1.29, 1.82) is 0 Å². The maximum Gasteiger partial charge on any atom is 0.124 e. The number of benzene rings is 3. The molecule has 0 saturated heterocycles. The van der Waals surface area contributed by atoms with E-state index in [-0.39, 0.29) is 0 Å². The molecular weight excluding hydrogens is 258 g/mol. The quantitative estimate of drug-likeness (QED) is 0.719. The molecule has 0 atom stereocenters. The lowest BCUT2D eigenvalue weighted by molar-refractivity contribution is 0.337. The van der Waals surface area contributed by atoms with Gasteiger partial charge in [-0.3, -0.25) is 0 Å². The summed E-state index contributed by atoms with van der Waals surface area (Å²) in [5.74, 6) is 0.952. The summed E-state index contributed by atoms with van der Waals surface area (Å²) in [7, 11) is 0. The van der Waals surface area contributed by atoms with Crippen molar-refractivity contribution >= 4 is 16.5 Å². The topological polar surface area (TPSA) is 21.3 Å². The van der Waals surface area contributed by atoms with Gasteiger partial charge >= 0.3 is 0 Å². The van der Waals surface area contributed by atoms with Gasteiger partial charge in [0, 0.05) is 17.8 Å². The second kappa shape index (κ2) is 6.31. The van der Waals surface area contributed by atoms with Crippen LogP contribution < -0.4 is 10.1 Å². The van der Waals surface area contributed by atoms with Gasteiger partial charge in [-0.15, -0.1) is 0 Å². The monoisotopic (exact) mass is 277 g/mol. The fourth-order valence-electron chi connectivity index (χ4n) is 2.44. The Labute approximate surface area is 125 Å². The highest BCUT2D eigenvalue weighted by Crippen LogP contribution is 2.22. The van der Waals surface area contributed by atoms with E-state index in [1.54, 1.807) is 0 Å². The van der Waals surface area contributed by atoms with Crippen LogP contribution >= 0.6 is 0 Å².